The minimum absolute atomic E-state index is 0. The molecule has 5 nitrogen and oxygen atoms in total. The van der Waals surface area contributed by atoms with Crippen molar-refractivity contribution in [3.8, 4) is 0 Å². The molecule has 0 aromatic carbocycles. The van der Waals surface area contributed by atoms with Gasteiger partial charge in [0.25, 0.3) is 0 Å². The molecule has 0 aromatic heterocycles. The van der Waals surface area contributed by atoms with Gasteiger partial charge in [0.15, 0.2) is 0 Å². The molecular formula is C18H34ClN3O2. The summed E-state index contributed by atoms with van der Waals surface area (Å²) in [5.41, 5.74) is 0. The number of rotatable bonds is 5. The second-order valence-corrected chi connectivity index (χ2v) is 7.97. The number of amides is 2. The van der Waals surface area contributed by atoms with Crippen molar-refractivity contribution in [1.29, 1.82) is 0 Å². The van der Waals surface area contributed by atoms with Crippen LogP contribution < -0.4 is 10.6 Å². The zero-order chi connectivity index (χ0) is 17.0. The summed E-state index contributed by atoms with van der Waals surface area (Å²) >= 11 is 0. The lowest BCUT2D eigenvalue weighted by Gasteiger charge is -2.29. The number of carbonyl (C=O) groups excluding carboxylic acids is 2. The van der Waals surface area contributed by atoms with Gasteiger partial charge in [0.2, 0.25) is 11.8 Å². The summed E-state index contributed by atoms with van der Waals surface area (Å²) in [5.74, 6) is 1.93. The molecule has 0 bridgehead atoms. The van der Waals surface area contributed by atoms with Crippen molar-refractivity contribution >= 4 is 24.2 Å². The van der Waals surface area contributed by atoms with E-state index in [1.165, 1.54) is 0 Å². The van der Waals surface area contributed by atoms with Crippen LogP contribution in [0.3, 0.4) is 0 Å². The third-order valence-corrected chi connectivity index (χ3v) is 5.17. The van der Waals surface area contributed by atoms with Crippen molar-refractivity contribution in [1.82, 2.24) is 15.5 Å². The SMILES string of the molecule is CC(C)CC(=O)NC(C(=O)N1CC[C@@H]2CNC[C@@H]2CC1)C(C)C.Cl. The third kappa shape index (κ3) is 5.62. The largest absolute Gasteiger partial charge is 0.344 e. The molecule has 0 spiro atoms. The van der Waals surface area contributed by atoms with Crippen LogP contribution in [0.15, 0.2) is 0 Å². The Bertz CT molecular complexity index is 414. The number of nitrogens with zero attached hydrogens (tertiary/aromatic N) is 1. The molecule has 24 heavy (non-hydrogen) atoms. The number of halogens is 1. The first kappa shape index (κ1) is 21.2. The second kappa shape index (κ2) is 9.62. The lowest BCUT2D eigenvalue weighted by atomic mass is 9.92. The molecule has 6 heteroatoms. The highest BCUT2D eigenvalue weighted by Gasteiger charge is 2.34. The van der Waals surface area contributed by atoms with Gasteiger partial charge in [-0.3, -0.25) is 9.59 Å². The highest BCUT2D eigenvalue weighted by molar-refractivity contribution is 5.88. The Labute approximate surface area is 152 Å². The molecule has 2 rings (SSSR count). The molecule has 3 atom stereocenters. The van der Waals surface area contributed by atoms with Gasteiger partial charge in [-0.05, 0) is 49.6 Å². The zero-order valence-electron chi connectivity index (χ0n) is 15.5. The third-order valence-electron chi connectivity index (χ3n) is 5.17. The second-order valence-electron chi connectivity index (χ2n) is 7.97. The summed E-state index contributed by atoms with van der Waals surface area (Å²) < 4.78 is 0. The summed E-state index contributed by atoms with van der Waals surface area (Å²) in [6, 6.07) is -0.391. The van der Waals surface area contributed by atoms with E-state index in [0.717, 1.165) is 39.0 Å². The fourth-order valence-corrected chi connectivity index (χ4v) is 3.75. The maximum atomic E-state index is 12.9. The first-order valence-electron chi connectivity index (χ1n) is 9.17. The molecule has 2 fully saturated rings. The topological polar surface area (TPSA) is 61.4 Å². The highest BCUT2D eigenvalue weighted by atomic mass is 35.5. The monoisotopic (exact) mass is 359 g/mol. The Balaban J connectivity index is 0.00000288. The van der Waals surface area contributed by atoms with Crippen LogP contribution in [0.25, 0.3) is 0 Å². The molecule has 2 aliphatic heterocycles. The molecular weight excluding hydrogens is 326 g/mol. The molecule has 2 saturated heterocycles. The van der Waals surface area contributed by atoms with Crippen LogP contribution in [0.2, 0.25) is 0 Å². The van der Waals surface area contributed by atoms with E-state index in [4.69, 9.17) is 0 Å². The number of likely N-dealkylation sites (tertiary alicyclic amines) is 1. The van der Waals surface area contributed by atoms with Crippen molar-refractivity contribution in [3.05, 3.63) is 0 Å². The van der Waals surface area contributed by atoms with Crippen molar-refractivity contribution in [2.24, 2.45) is 23.7 Å². The van der Waals surface area contributed by atoms with Crippen molar-refractivity contribution in [2.45, 2.75) is 53.0 Å². The van der Waals surface area contributed by atoms with Gasteiger partial charge in [0, 0.05) is 19.5 Å². The first-order valence-corrected chi connectivity index (χ1v) is 9.17. The van der Waals surface area contributed by atoms with E-state index in [9.17, 15) is 9.59 Å². The van der Waals surface area contributed by atoms with Gasteiger partial charge in [0.05, 0.1) is 0 Å². The minimum atomic E-state index is -0.391. The molecule has 2 amide bonds. The van der Waals surface area contributed by atoms with Crippen LogP contribution in [0.4, 0.5) is 0 Å². The van der Waals surface area contributed by atoms with Crippen molar-refractivity contribution in [3.63, 3.8) is 0 Å². The van der Waals surface area contributed by atoms with Crippen LogP contribution in [-0.4, -0.2) is 48.9 Å². The Hall–Kier alpha value is -0.810. The minimum Gasteiger partial charge on any atom is -0.344 e. The van der Waals surface area contributed by atoms with Crippen LogP contribution >= 0.6 is 12.4 Å². The number of nitrogens with one attached hydrogen (secondary N) is 2. The lowest BCUT2D eigenvalue weighted by molar-refractivity contribution is -0.137. The average Bonchev–Trinajstić information content (AvgIpc) is 2.82. The maximum Gasteiger partial charge on any atom is 0.245 e. The van der Waals surface area contributed by atoms with Gasteiger partial charge in [-0.25, -0.2) is 0 Å². The van der Waals surface area contributed by atoms with Crippen LogP contribution in [-0.2, 0) is 9.59 Å². The predicted molar refractivity (Wildman–Crippen MR) is 99.1 cm³/mol. The normalized spacial score (nSPS) is 25.0. The Morgan fingerprint density at radius 3 is 2.08 bits per heavy atom. The van der Waals surface area contributed by atoms with Gasteiger partial charge >= 0.3 is 0 Å². The van der Waals surface area contributed by atoms with Crippen LogP contribution in [0.5, 0.6) is 0 Å². The van der Waals surface area contributed by atoms with E-state index in [1.807, 2.05) is 32.6 Å². The number of hydrogen-bond donors (Lipinski definition) is 2. The molecule has 2 heterocycles. The van der Waals surface area contributed by atoms with E-state index in [0.29, 0.717) is 24.2 Å². The van der Waals surface area contributed by atoms with E-state index < -0.39 is 6.04 Å². The fraction of sp³-hybridized carbons (Fsp3) is 0.889. The number of fused-ring (bicyclic) bond motifs is 1. The number of carbonyl (C=O) groups is 2. The predicted octanol–water partition coefficient (Wildman–Crippen LogP) is 2.05. The Morgan fingerprint density at radius 2 is 1.62 bits per heavy atom. The molecule has 0 saturated carbocycles. The first-order chi connectivity index (χ1) is 10.9. The molecule has 0 aromatic rings. The maximum absolute atomic E-state index is 12.9. The van der Waals surface area contributed by atoms with E-state index in [2.05, 4.69) is 10.6 Å². The molecule has 1 unspecified atom stereocenters. The molecule has 140 valence electrons. The lowest BCUT2D eigenvalue weighted by Crippen LogP contribution is -2.51. The van der Waals surface area contributed by atoms with Crippen LogP contribution in [0.1, 0.15) is 47.0 Å². The Morgan fingerprint density at radius 1 is 1.08 bits per heavy atom. The van der Waals surface area contributed by atoms with E-state index in [1.54, 1.807) is 0 Å². The van der Waals surface area contributed by atoms with Gasteiger partial charge in [0.1, 0.15) is 6.04 Å². The quantitative estimate of drug-likeness (QED) is 0.789. The number of hydrogen-bond acceptors (Lipinski definition) is 3. The molecule has 0 aliphatic carbocycles. The molecule has 2 N–H and O–H groups in total. The summed E-state index contributed by atoms with van der Waals surface area (Å²) in [5, 5.41) is 6.43. The van der Waals surface area contributed by atoms with Crippen molar-refractivity contribution in [2.75, 3.05) is 26.2 Å². The fourth-order valence-electron chi connectivity index (χ4n) is 3.75. The van der Waals surface area contributed by atoms with E-state index >= 15 is 0 Å². The summed E-state index contributed by atoms with van der Waals surface area (Å²) in [7, 11) is 0. The Kier molecular flexibility index (Phi) is 8.51. The molecule has 2 aliphatic rings. The summed E-state index contributed by atoms with van der Waals surface area (Å²) in [6.45, 7) is 11.9. The zero-order valence-corrected chi connectivity index (χ0v) is 16.3. The van der Waals surface area contributed by atoms with Crippen molar-refractivity contribution < 1.29 is 9.59 Å². The van der Waals surface area contributed by atoms with E-state index in [-0.39, 0.29) is 30.1 Å². The highest BCUT2D eigenvalue weighted by Crippen LogP contribution is 2.27. The molecule has 0 radical (unpaired) electrons. The smallest absolute Gasteiger partial charge is 0.245 e. The summed E-state index contributed by atoms with van der Waals surface area (Å²) in [4.78, 5) is 27.0. The van der Waals surface area contributed by atoms with Crippen LogP contribution in [0, 0.1) is 23.7 Å². The van der Waals surface area contributed by atoms with Gasteiger partial charge in [-0.2, -0.15) is 0 Å². The summed E-state index contributed by atoms with van der Waals surface area (Å²) in [6.07, 6.45) is 2.63. The standard InChI is InChI=1S/C18H33N3O2.ClH/c1-12(2)9-16(22)20-17(13(3)4)18(23)21-7-5-14-10-19-11-15(14)6-8-21;/h12-15,17,19H,5-11H2,1-4H3,(H,20,22);1H/t14-,15+,17?;. The van der Waals surface area contributed by atoms with Gasteiger partial charge < -0.3 is 15.5 Å². The van der Waals surface area contributed by atoms with Gasteiger partial charge in [-0.15, -0.1) is 12.4 Å². The van der Waals surface area contributed by atoms with Gasteiger partial charge in [-0.1, -0.05) is 27.7 Å². The average molecular weight is 360 g/mol.